The molecule has 0 radical (unpaired) electrons. The van der Waals surface area contributed by atoms with Crippen molar-refractivity contribution in [1.82, 2.24) is 5.32 Å². The molecule has 0 heterocycles. The van der Waals surface area contributed by atoms with Gasteiger partial charge in [-0.15, -0.1) is 0 Å². The molecule has 0 saturated carbocycles. The Balaban J connectivity index is 2.24. The van der Waals surface area contributed by atoms with Crippen LogP contribution < -0.4 is 10.6 Å². The highest BCUT2D eigenvalue weighted by Gasteiger charge is 2.24. The summed E-state index contributed by atoms with van der Waals surface area (Å²) in [5.41, 5.74) is 0.698. The van der Waals surface area contributed by atoms with Crippen molar-refractivity contribution in [2.24, 2.45) is 0 Å². The van der Waals surface area contributed by atoms with E-state index >= 15 is 0 Å². The summed E-state index contributed by atoms with van der Waals surface area (Å²) in [6, 6.07) is 9.59. The van der Waals surface area contributed by atoms with Crippen molar-refractivity contribution in [2.45, 2.75) is 19.4 Å². The Kier molecular flexibility index (Phi) is 7.68. The number of hydrogen-bond acceptors (Lipinski definition) is 6. The number of anilines is 1. The molecule has 0 fully saturated rings. The van der Waals surface area contributed by atoms with Crippen molar-refractivity contribution in [3.05, 3.63) is 68.2 Å². The maximum absolute atomic E-state index is 12.7. The van der Waals surface area contributed by atoms with E-state index in [0.29, 0.717) is 10.0 Å². The van der Waals surface area contributed by atoms with E-state index in [9.17, 15) is 28.1 Å². The van der Waals surface area contributed by atoms with Crippen LogP contribution in [-0.4, -0.2) is 43.2 Å². The molecule has 2 N–H and O–H groups in total. The van der Waals surface area contributed by atoms with Gasteiger partial charge in [0, 0.05) is 28.0 Å². The van der Waals surface area contributed by atoms with Gasteiger partial charge in [-0.05, 0) is 47.5 Å². The van der Waals surface area contributed by atoms with Crippen LogP contribution in [0.25, 0.3) is 0 Å². The van der Waals surface area contributed by atoms with Crippen LogP contribution in [0.4, 0.5) is 11.4 Å². The lowest BCUT2D eigenvalue weighted by atomic mass is 10.1. The zero-order valence-corrected chi connectivity index (χ0v) is 18.6. The highest BCUT2D eigenvalue weighted by Crippen LogP contribution is 2.22. The van der Waals surface area contributed by atoms with Crippen molar-refractivity contribution in [3.63, 3.8) is 0 Å². The molecule has 0 saturated heterocycles. The van der Waals surface area contributed by atoms with E-state index in [1.807, 2.05) is 0 Å². The molecule has 0 aliphatic carbocycles. The molecule has 2 rings (SSSR count). The van der Waals surface area contributed by atoms with Crippen molar-refractivity contribution in [2.75, 3.05) is 17.3 Å². The molecule has 11 heteroatoms. The zero-order valence-electron chi connectivity index (χ0n) is 16.2. The number of nitrogens with zero attached hydrogens (tertiary/aromatic N) is 1. The monoisotopic (exact) mass is 497 g/mol. The number of amides is 2. The van der Waals surface area contributed by atoms with Gasteiger partial charge in [0.2, 0.25) is 5.91 Å². The van der Waals surface area contributed by atoms with Crippen LogP contribution in [0.1, 0.15) is 22.3 Å². The fourth-order valence-electron chi connectivity index (χ4n) is 2.60. The molecule has 1 atom stereocenters. The Bertz CT molecular complexity index is 1090. The Hall–Kier alpha value is -2.79. The van der Waals surface area contributed by atoms with Gasteiger partial charge in [0.25, 0.3) is 11.6 Å². The van der Waals surface area contributed by atoms with Gasteiger partial charge in [-0.3, -0.25) is 19.7 Å². The van der Waals surface area contributed by atoms with Crippen LogP contribution in [0.15, 0.2) is 46.9 Å². The fourth-order valence-corrected chi connectivity index (χ4v) is 3.72. The second-order valence-corrected chi connectivity index (χ2v) is 9.79. The minimum Gasteiger partial charge on any atom is -0.340 e. The third kappa shape index (κ3) is 6.63. The highest BCUT2D eigenvalue weighted by atomic mass is 79.9. The summed E-state index contributed by atoms with van der Waals surface area (Å²) in [7, 11) is -3.39. The predicted molar refractivity (Wildman–Crippen MR) is 116 cm³/mol. The molecule has 2 aromatic rings. The number of carbonyl (C=O) groups excluding carboxylic acids is 2. The number of hydrogen-bond donors (Lipinski definition) is 2. The van der Waals surface area contributed by atoms with Crippen molar-refractivity contribution in [1.29, 1.82) is 0 Å². The van der Waals surface area contributed by atoms with Gasteiger partial charge in [0.1, 0.15) is 15.9 Å². The SMILES string of the molecule is Cc1ccc(NC(=O)C(CCS(C)(=O)=O)NC(=O)c2ccccc2Br)cc1[N+](=O)[O-]. The normalized spacial score (nSPS) is 12.1. The average Bonchev–Trinajstić information content (AvgIpc) is 2.65. The summed E-state index contributed by atoms with van der Waals surface area (Å²) in [4.78, 5) is 35.9. The third-order valence-electron chi connectivity index (χ3n) is 4.19. The maximum atomic E-state index is 12.7. The van der Waals surface area contributed by atoms with E-state index in [2.05, 4.69) is 26.6 Å². The van der Waals surface area contributed by atoms with Gasteiger partial charge in [-0.2, -0.15) is 0 Å². The Morgan fingerprint density at radius 2 is 1.87 bits per heavy atom. The van der Waals surface area contributed by atoms with E-state index in [-0.39, 0.29) is 29.1 Å². The summed E-state index contributed by atoms with van der Waals surface area (Å²) in [5.74, 6) is -1.57. The van der Waals surface area contributed by atoms with E-state index in [1.165, 1.54) is 18.2 Å². The van der Waals surface area contributed by atoms with Gasteiger partial charge in [0.05, 0.1) is 16.2 Å². The summed E-state index contributed by atoms with van der Waals surface area (Å²) in [6.45, 7) is 1.57. The van der Waals surface area contributed by atoms with Crippen molar-refractivity contribution < 1.29 is 22.9 Å². The summed E-state index contributed by atoms with van der Waals surface area (Å²) >= 11 is 3.26. The molecule has 0 aliphatic heterocycles. The molecule has 0 aliphatic rings. The number of carbonyl (C=O) groups is 2. The first-order chi connectivity index (χ1) is 14.0. The Morgan fingerprint density at radius 3 is 2.47 bits per heavy atom. The first-order valence-electron chi connectivity index (χ1n) is 8.77. The molecule has 2 aromatic carbocycles. The number of aryl methyl sites for hydroxylation is 1. The van der Waals surface area contributed by atoms with Gasteiger partial charge >= 0.3 is 0 Å². The van der Waals surface area contributed by atoms with Crippen LogP contribution in [0.5, 0.6) is 0 Å². The number of nitro groups is 1. The molecular weight excluding hydrogens is 478 g/mol. The number of nitro benzene ring substituents is 1. The Morgan fingerprint density at radius 1 is 1.20 bits per heavy atom. The molecular formula is C19H20BrN3O6S. The largest absolute Gasteiger partial charge is 0.340 e. The number of nitrogens with one attached hydrogen (secondary N) is 2. The lowest BCUT2D eigenvalue weighted by Gasteiger charge is -2.19. The lowest BCUT2D eigenvalue weighted by Crippen LogP contribution is -2.44. The lowest BCUT2D eigenvalue weighted by molar-refractivity contribution is -0.385. The number of rotatable bonds is 8. The van der Waals surface area contributed by atoms with Crippen LogP contribution >= 0.6 is 15.9 Å². The molecule has 0 aromatic heterocycles. The van der Waals surface area contributed by atoms with Crippen LogP contribution in [0, 0.1) is 17.0 Å². The second-order valence-electron chi connectivity index (χ2n) is 6.67. The van der Waals surface area contributed by atoms with Crippen LogP contribution in [0.2, 0.25) is 0 Å². The minimum absolute atomic E-state index is 0.158. The van der Waals surface area contributed by atoms with E-state index in [4.69, 9.17) is 0 Å². The van der Waals surface area contributed by atoms with E-state index in [0.717, 1.165) is 6.26 Å². The van der Waals surface area contributed by atoms with Crippen LogP contribution in [0.3, 0.4) is 0 Å². The van der Waals surface area contributed by atoms with Gasteiger partial charge in [0.15, 0.2) is 0 Å². The summed E-state index contributed by atoms with van der Waals surface area (Å²) in [5, 5.41) is 16.1. The molecule has 9 nitrogen and oxygen atoms in total. The van der Waals surface area contributed by atoms with Gasteiger partial charge < -0.3 is 10.6 Å². The predicted octanol–water partition coefficient (Wildman–Crippen LogP) is 2.84. The van der Waals surface area contributed by atoms with E-state index in [1.54, 1.807) is 31.2 Å². The topological polar surface area (TPSA) is 135 Å². The Labute approximate surface area is 182 Å². The first kappa shape index (κ1) is 23.5. The molecule has 0 spiro atoms. The quantitative estimate of drug-likeness (QED) is 0.425. The molecule has 1 unspecified atom stereocenters. The molecule has 0 bridgehead atoms. The third-order valence-corrected chi connectivity index (χ3v) is 5.86. The van der Waals surface area contributed by atoms with Gasteiger partial charge in [-0.25, -0.2) is 8.42 Å². The maximum Gasteiger partial charge on any atom is 0.274 e. The average molecular weight is 498 g/mol. The standard InChI is InChI=1S/C19H20BrN3O6S/c1-12-7-8-13(11-17(12)23(26)27)21-19(25)16(9-10-30(2,28)29)22-18(24)14-5-3-4-6-15(14)20/h3-8,11,16H,9-10H2,1-2H3,(H,21,25)(H,22,24). The minimum atomic E-state index is -3.39. The highest BCUT2D eigenvalue weighted by molar-refractivity contribution is 9.10. The van der Waals surface area contributed by atoms with E-state index < -0.39 is 32.6 Å². The number of benzene rings is 2. The molecule has 2 amide bonds. The fraction of sp³-hybridized carbons (Fsp3) is 0.263. The summed E-state index contributed by atoms with van der Waals surface area (Å²) < 4.78 is 23.6. The first-order valence-corrected chi connectivity index (χ1v) is 11.6. The second kappa shape index (κ2) is 9.81. The zero-order chi connectivity index (χ0) is 22.5. The molecule has 160 valence electrons. The van der Waals surface area contributed by atoms with Gasteiger partial charge in [-0.1, -0.05) is 18.2 Å². The van der Waals surface area contributed by atoms with Crippen molar-refractivity contribution in [3.8, 4) is 0 Å². The number of sulfone groups is 1. The smallest absolute Gasteiger partial charge is 0.274 e. The van der Waals surface area contributed by atoms with Crippen LogP contribution in [-0.2, 0) is 14.6 Å². The number of halogens is 1. The molecule has 30 heavy (non-hydrogen) atoms. The summed E-state index contributed by atoms with van der Waals surface area (Å²) in [6.07, 6.45) is 0.871. The van der Waals surface area contributed by atoms with Crippen molar-refractivity contribution >= 4 is 49.0 Å².